The lowest BCUT2D eigenvalue weighted by atomic mass is 10.1. The van der Waals surface area contributed by atoms with Gasteiger partial charge in [-0.15, -0.1) is 0 Å². The van der Waals surface area contributed by atoms with Crippen LogP contribution in [0, 0.1) is 5.82 Å². The molecular weight excluding hydrogens is 231 g/mol. The maximum Gasteiger partial charge on any atom is 0.145 e. The van der Waals surface area contributed by atoms with Gasteiger partial charge >= 0.3 is 0 Å². The maximum atomic E-state index is 13.2. The van der Waals surface area contributed by atoms with Crippen LogP contribution in [0.3, 0.4) is 0 Å². The highest BCUT2D eigenvalue weighted by atomic mass is 19.1. The molecule has 0 bridgehead atoms. The van der Waals surface area contributed by atoms with Crippen LogP contribution in [-0.4, -0.2) is 32.8 Å². The van der Waals surface area contributed by atoms with Gasteiger partial charge < -0.3 is 15.0 Å². The number of rotatable bonds is 2. The Morgan fingerprint density at radius 3 is 3.00 bits per heavy atom. The van der Waals surface area contributed by atoms with Crippen molar-refractivity contribution in [2.24, 2.45) is 0 Å². The zero-order chi connectivity index (χ0) is 13.0. The monoisotopic (exact) mass is 252 g/mol. The molecule has 1 aromatic rings. The number of ether oxygens (including phenoxy) is 1. The van der Waals surface area contributed by atoms with Crippen molar-refractivity contribution in [2.45, 2.75) is 25.8 Å². The van der Waals surface area contributed by atoms with Gasteiger partial charge in [-0.25, -0.2) is 4.39 Å². The fourth-order valence-corrected chi connectivity index (χ4v) is 2.34. The Labute approximate surface area is 108 Å². The number of methoxy groups -OCH3 is 1. The highest BCUT2D eigenvalue weighted by molar-refractivity contribution is 5.58. The van der Waals surface area contributed by atoms with Crippen molar-refractivity contribution < 1.29 is 9.13 Å². The van der Waals surface area contributed by atoms with E-state index in [9.17, 15) is 4.39 Å². The first-order valence-electron chi connectivity index (χ1n) is 6.52. The van der Waals surface area contributed by atoms with Gasteiger partial charge in [-0.05, 0) is 38.4 Å². The third-order valence-corrected chi connectivity index (χ3v) is 3.41. The molecule has 0 amide bonds. The zero-order valence-corrected chi connectivity index (χ0v) is 11.1. The van der Waals surface area contributed by atoms with Gasteiger partial charge in [-0.1, -0.05) is 0 Å². The van der Waals surface area contributed by atoms with Crippen LogP contribution in [0.2, 0.25) is 0 Å². The zero-order valence-electron chi connectivity index (χ0n) is 11.1. The van der Waals surface area contributed by atoms with Crippen LogP contribution in [0.1, 0.15) is 19.8 Å². The van der Waals surface area contributed by atoms with E-state index in [0.717, 1.165) is 38.2 Å². The minimum atomic E-state index is -0.252. The van der Waals surface area contributed by atoms with Crippen molar-refractivity contribution in [1.82, 2.24) is 5.32 Å². The van der Waals surface area contributed by atoms with Crippen LogP contribution in [0.15, 0.2) is 18.2 Å². The second-order valence-corrected chi connectivity index (χ2v) is 4.80. The van der Waals surface area contributed by atoms with Crippen molar-refractivity contribution in [3.8, 4) is 5.75 Å². The van der Waals surface area contributed by atoms with Crippen molar-refractivity contribution in [2.75, 3.05) is 31.6 Å². The summed E-state index contributed by atoms with van der Waals surface area (Å²) in [6.45, 7) is 5.17. The summed E-state index contributed by atoms with van der Waals surface area (Å²) in [4.78, 5) is 2.29. The third kappa shape index (κ3) is 3.13. The Kier molecular flexibility index (Phi) is 4.42. The molecule has 4 heteroatoms. The molecule has 0 saturated carbocycles. The molecule has 1 saturated heterocycles. The van der Waals surface area contributed by atoms with E-state index in [2.05, 4.69) is 17.1 Å². The summed E-state index contributed by atoms with van der Waals surface area (Å²) in [5.74, 6) is 0.369. The average Bonchev–Trinajstić information content (AvgIpc) is 2.35. The lowest BCUT2D eigenvalue weighted by Crippen LogP contribution is -2.38. The van der Waals surface area contributed by atoms with E-state index in [1.54, 1.807) is 7.11 Å². The molecule has 1 aliphatic heterocycles. The highest BCUT2D eigenvalue weighted by Crippen LogP contribution is 2.29. The summed E-state index contributed by atoms with van der Waals surface area (Å²) in [7, 11) is 1.59. The molecule has 2 rings (SSSR count). The number of hydrogen-bond donors (Lipinski definition) is 1. The van der Waals surface area contributed by atoms with Gasteiger partial charge in [-0.3, -0.25) is 0 Å². The Hall–Kier alpha value is -1.29. The first kappa shape index (κ1) is 13.1. The van der Waals surface area contributed by atoms with Gasteiger partial charge in [0.1, 0.15) is 11.6 Å². The van der Waals surface area contributed by atoms with Gasteiger partial charge in [0.25, 0.3) is 0 Å². The molecule has 1 unspecified atom stereocenters. The third-order valence-electron chi connectivity index (χ3n) is 3.41. The van der Waals surface area contributed by atoms with Gasteiger partial charge in [-0.2, -0.15) is 0 Å². The fraction of sp³-hybridized carbons (Fsp3) is 0.571. The SMILES string of the molecule is COc1cc(F)ccc1N1CCCNC(C)CC1. The number of hydrogen-bond acceptors (Lipinski definition) is 3. The second kappa shape index (κ2) is 6.05. The van der Waals surface area contributed by atoms with E-state index in [4.69, 9.17) is 4.74 Å². The van der Waals surface area contributed by atoms with Crippen molar-refractivity contribution in [3.63, 3.8) is 0 Å². The molecule has 1 aliphatic rings. The van der Waals surface area contributed by atoms with E-state index in [-0.39, 0.29) is 5.82 Å². The first-order chi connectivity index (χ1) is 8.70. The quantitative estimate of drug-likeness (QED) is 0.875. The van der Waals surface area contributed by atoms with E-state index in [1.807, 2.05) is 6.07 Å². The normalized spacial score (nSPS) is 21.3. The number of benzene rings is 1. The van der Waals surface area contributed by atoms with Crippen LogP contribution in [0.4, 0.5) is 10.1 Å². The lowest BCUT2D eigenvalue weighted by Gasteiger charge is -2.30. The molecule has 1 N–H and O–H groups in total. The predicted octanol–water partition coefficient (Wildman–Crippen LogP) is 2.41. The molecular formula is C14H21FN2O. The molecule has 1 aromatic carbocycles. The Morgan fingerprint density at radius 1 is 1.39 bits per heavy atom. The minimum Gasteiger partial charge on any atom is -0.494 e. The largest absolute Gasteiger partial charge is 0.494 e. The van der Waals surface area contributed by atoms with Crippen molar-refractivity contribution in [1.29, 1.82) is 0 Å². The Morgan fingerprint density at radius 2 is 2.22 bits per heavy atom. The van der Waals surface area contributed by atoms with Crippen molar-refractivity contribution in [3.05, 3.63) is 24.0 Å². The molecule has 100 valence electrons. The summed E-state index contributed by atoms with van der Waals surface area (Å²) >= 11 is 0. The smallest absolute Gasteiger partial charge is 0.145 e. The first-order valence-corrected chi connectivity index (χ1v) is 6.52. The van der Waals surface area contributed by atoms with Crippen LogP contribution in [0.5, 0.6) is 5.75 Å². The highest BCUT2D eigenvalue weighted by Gasteiger charge is 2.16. The Bertz CT molecular complexity index is 397. The summed E-state index contributed by atoms with van der Waals surface area (Å²) in [5, 5.41) is 3.48. The molecule has 1 heterocycles. The summed E-state index contributed by atoms with van der Waals surface area (Å²) in [5.41, 5.74) is 0.994. The molecule has 0 spiro atoms. The van der Waals surface area contributed by atoms with Crippen LogP contribution in [0.25, 0.3) is 0 Å². The van der Waals surface area contributed by atoms with Crippen LogP contribution in [-0.2, 0) is 0 Å². The Balaban J connectivity index is 2.17. The maximum absolute atomic E-state index is 13.2. The van der Waals surface area contributed by atoms with Crippen LogP contribution >= 0.6 is 0 Å². The molecule has 3 nitrogen and oxygen atoms in total. The number of halogens is 1. The summed E-state index contributed by atoms with van der Waals surface area (Å²) in [6.07, 6.45) is 2.17. The number of nitrogens with one attached hydrogen (secondary N) is 1. The topological polar surface area (TPSA) is 24.5 Å². The molecule has 0 aliphatic carbocycles. The van der Waals surface area contributed by atoms with Crippen LogP contribution < -0.4 is 15.0 Å². The number of nitrogens with zero attached hydrogens (tertiary/aromatic N) is 1. The summed E-state index contributed by atoms with van der Waals surface area (Å²) in [6, 6.07) is 5.29. The molecule has 1 fully saturated rings. The summed E-state index contributed by atoms with van der Waals surface area (Å²) < 4.78 is 18.5. The minimum absolute atomic E-state index is 0.252. The van der Waals surface area contributed by atoms with E-state index >= 15 is 0 Å². The predicted molar refractivity (Wildman–Crippen MR) is 71.9 cm³/mol. The fourth-order valence-electron chi connectivity index (χ4n) is 2.34. The molecule has 0 aromatic heterocycles. The van der Waals surface area contributed by atoms with E-state index in [1.165, 1.54) is 12.1 Å². The van der Waals surface area contributed by atoms with Gasteiger partial charge in [0, 0.05) is 25.2 Å². The van der Waals surface area contributed by atoms with Gasteiger partial charge in [0.2, 0.25) is 0 Å². The average molecular weight is 252 g/mol. The molecule has 1 atom stereocenters. The van der Waals surface area contributed by atoms with E-state index in [0.29, 0.717) is 11.8 Å². The number of anilines is 1. The second-order valence-electron chi connectivity index (χ2n) is 4.80. The molecule has 0 radical (unpaired) electrons. The molecule has 18 heavy (non-hydrogen) atoms. The van der Waals surface area contributed by atoms with Crippen molar-refractivity contribution >= 4 is 5.69 Å². The van der Waals surface area contributed by atoms with Gasteiger partial charge in [0.05, 0.1) is 12.8 Å². The lowest BCUT2D eigenvalue weighted by molar-refractivity contribution is 0.408. The van der Waals surface area contributed by atoms with Gasteiger partial charge in [0.15, 0.2) is 0 Å². The van der Waals surface area contributed by atoms with E-state index < -0.39 is 0 Å². The standard InChI is InChI=1S/C14H21FN2O/c1-11-6-9-17(8-3-7-16-11)13-5-4-12(15)10-14(13)18-2/h4-5,10-11,16H,3,6-9H2,1-2H3.